The summed E-state index contributed by atoms with van der Waals surface area (Å²) in [6.07, 6.45) is 0.917. The molecule has 0 saturated carbocycles. The first-order valence-corrected chi connectivity index (χ1v) is 8.85. The Bertz CT molecular complexity index is 576. The molecule has 0 bridgehead atoms. The molecular weight excluding hydrogens is 348 g/mol. The van der Waals surface area contributed by atoms with E-state index in [-0.39, 0.29) is 0 Å². The molecule has 0 N–H and O–H groups in total. The first kappa shape index (κ1) is 14.9. The molecule has 1 aliphatic heterocycles. The molecule has 4 nitrogen and oxygen atoms in total. The number of hydrogen-bond donors (Lipinski definition) is 0. The number of rotatable bonds is 4. The molecule has 112 valence electrons. The van der Waals surface area contributed by atoms with Crippen LogP contribution in [0.15, 0.2) is 28.7 Å². The van der Waals surface area contributed by atoms with Gasteiger partial charge < -0.3 is 4.90 Å². The van der Waals surface area contributed by atoms with Crippen LogP contribution in [0.3, 0.4) is 0 Å². The van der Waals surface area contributed by atoms with Crippen molar-refractivity contribution in [2.45, 2.75) is 19.9 Å². The summed E-state index contributed by atoms with van der Waals surface area (Å²) in [5.41, 5.74) is 1.37. The summed E-state index contributed by atoms with van der Waals surface area (Å²) < 4.78 is 5.51. The molecule has 3 rings (SSSR count). The van der Waals surface area contributed by atoms with Gasteiger partial charge in [-0.25, -0.2) is 4.98 Å². The predicted molar refractivity (Wildman–Crippen MR) is 90.9 cm³/mol. The lowest BCUT2D eigenvalue weighted by atomic mass is 10.2. The van der Waals surface area contributed by atoms with Crippen molar-refractivity contribution in [1.29, 1.82) is 0 Å². The minimum Gasteiger partial charge on any atom is -0.344 e. The van der Waals surface area contributed by atoms with Crippen molar-refractivity contribution < 1.29 is 0 Å². The summed E-state index contributed by atoms with van der Waals surface area (Å²) in [7, 11) is 0. The fraction of sp³-hybridized carbons (Fsp3) is 0.467. The number of piperazine rings is 1. The number of anilines is 1. The zero-order chi connectivity index (χ0) is 14.7. The number of nitrogens with zero attached hydrogens (tertiary/aromatic N) is 4. The molecule has 0 radical (unpaired) electrons. The highest BCUT2D eigenvalue weighted by molar-refractivity contribution is 9.10. The van der Waals surface area contributed by atoms with Crippen molar-refractivity contribution in [3.05, 3.63) is 40.1 Å². The van der Waals surface area contributed by atoms with Crippen LogP contribution in [0, 0.1) is 0 Å². The van der Waals surface area contributed by atoms with Crippen molar-refractivity contribution in [2.75, 3.05) is 31.1 Å². The Morgan fingerprint density at radius 3 is 2.48 bits per heavy atom. The molecule has 0 unspecified atom stereocenters. The number of benzene rings is 1. The maximum Gasteiger partial charge on any atom is 0.205 e. The smallest absolute Gasteiger partial charge is 0.205 e. The number of halogens is 1. The molecule has 1 aromatic carbocycles. The maximum absolute atomic E-state index is 4.58. The SMILES string of the molecule is CCc1nsc(N2CCN(Cc3ccc(Br)cc3)CC2)n1. The molecule has 0 amide bonds. The van der Waals surface area contributed by atoms with Crippen LogP contribution in [-0.4, -0.2) is 40.4 Å². The second kappa shape index (κ2) is 6.85. The summed E-state index contributed by atoms with van der Waals surface area (Å²) in [6, 6.07) is 8.60. The number of aromatic nitrogens is 2. The molecule has 1 aromatic heterocycles. The lowest BCUT2D eigenvalue weighted by molar-refractivity contribution is 0.250. The van der Waals surface area contributed by atoms with Crippen molar-refractivity contribution in [2.24, 2.45) is 0 Å². The van der Waals surface area contributed by atoms with Crippen LogP contribution in [0.5, 0.6) is 0 Å². The fourth-order valence-corrected chi connectivity index (χ4v) is 3.53. The van der Waals surface area contributed by atoms with Gasteiger partial charge in [0.15, 0.2) is 0 Å². The van der Waals surface area contributed by atoms with Gasteiger partial charge in [-0.1, -0.05) is 35.0 Å². The number of aryl methyl sites for hydroxylation is 1. The van der Waals surface area contributed by atoms with Crippen LogP contribution < -0.4 is 4.90 Å². The molecule has 1 fully saturated rings. The summed E-state index contributed by atoms with van der Waals surface area (Å²) >= 11 is 5.01. The second-order valence-corrected chi connectivity index (χ2v) is 6.88. The molecule has 21 heavy (non-hydrogen) atoms. The van der Waals surface area contributed by atoms with E-state index < -0.39 is 0 Å². The van der Waals surface area contributed by atoms with Crippen LogP contribution in [0.4, 0.5) is 5.13 Å². The minimum absolute atomic E-state index is 0.917. The van der Waals surface area contributed by atoms with Gasteiger partial charge in [0, 0.05) is 55.1 Å². The van der Waals surface area contributed by atoms with Gasteiger partial charge in [-0.2, -0.15) is 4.37 Å². The first-order valence-electron chi connectivity index (χ1n) is 7.29. The van der Waals surface area contributed by atoms with E-state index in [4.69, 9.17) is 0 Å². The summed E-state index contributed by atoms with van der Waals surface area (Å²) in [5.74, 6) is 0.965. The van der Waals surface area contributed by atoms with Crippen molar-refractivity contribution >= 4 is 32.6 Å². The highest BCUT2D eigenvalue weighted by Gasteiger charge is 2.19. The Kier molecular flexibility index (Phi) is 4.87. The topological polar surface area (TPSA) is 32.3 Å². The predicted octanol–water partition coefficient (Wildman–Crippen LogP) is 3.19. The van der Waals surface area contributed by atoms with Gasteiger partial charge in [0.05, 0.1) is 0 Å². The van der Waals surface area contributed by atoms with Crippen molar-refractivity contribution in [3.8, 4) is 0 Å². The van der Waals surface area contributed by atoms with Crippen LogP contribution in [-0.2, 0) is 13.0 Å². The molecular formula is C15H19BrN4S. The van der Waals surface area contributed by atoms with Gasteiger partial charge >= 0.3 is 0 Å². The molecule has 0 spiro atoms. The van der Waals surface area contributed by atoms with Crippen LogP contribution in [0.1, 0.15) is 18.3 Å². The summed E-state index contributed by atoms with van der Waals surface area (Å²) in [4.78, 5) is 9.44. The average molecular weight is 367 g/mol. The minimum atomic E-state index is 0.917. The first-order chi connectivity index (χ1) is 10.2. The normalized spacial score (nSPS) is 16.4. The van der Waals surface area contributed by atoms with Crippen LogP contribution in [0.2, 0.25) is 0 Å². The monoisotopic (exact) mass is 366 g/mol. The van der Waals surface area contributed by atoms with Gasteiger partial charge in [-0.05, 0) is 17.7 Å². The molecule has 1 aliphatic rings. The zero-order valence-corrected chi connectivity index (χ0v) is 14.5. The standard InChI is InChI=1S/C15H19BrN4S/c1-2-14-17-15(21-18-14)20-9-7-19(8-10-20)11-12-3-5-13(16)6-4-12/h3-6H,2,7-11H2,1H3. The van der Waals surface area contributed by atoms with E-state index in [1.807, 2.05) is 0 Å². The Hall–Kier alpha value is -0.980. The second-order valence-electron chi connectivity index (χ2n) is 5.24. The maximum atomic E-state index is 4.58. The average Bonchev–Trinajstić information content (AvgIpc) is 2.99. The third kappa shape index (κ3) is 3.81. The van der Waals surface area contributed by atoms with Gasteiger partial charge in [0.1, 0.15) is 5.82 Å². The van der Waals surface area contributed by atoms with Crippen molar-refractivity contribution in [1.82, 2.24) is 14.3 Å². The largest absolute Gasteiger partial charge is 0.344 e. The van der Waals surface area contributed by atoms with E-state index >= 15 is 0 Å². The van der Waals surface area contributed by atoms with E-state index in [0.717, 1.165) is 54.6 Å². The molecule has 0 aliphatic carbocycles. The molecule has 6 heteroatoms. The van der Waals surface area contributed by atoms with Crippen LogP contribution >= 0.6 is 27.5 Å². The third-order valence-corrected chi connectivity index (χ3v) is 5.08. The molecule has 2 heterocycles. The Morgan fingerprint density at radius 2 is 1.86 bits per heavy atom. The van der Waals surface area contributed by atoms with E-state index in [1.54, 1.807) is 0 Å². The highest BCUT2D eigenvalue weighted by Crippen LogP contribution is 2.20. The highest BCUT2D eigenvalue weighted by atomic mass is 79.9. The molecule has 1 saturated heterocycles. The van der Waals surface area contributed by atoms with Gasteiger partial charge in [-0.3, -0.25) is 4.90 Å². The lowest BCUT2D eigenvalue weighted by Gasteiger charge is -2.34. The summed E-state index contributed by atoms with van der Waals surface area (Å²) in [6.45, 7) is 7.36. The van der Waals surface area contributed by atoms with E-state index in [1.165, 1.54) is 17.1 Å². The Morgan fingerprint density at radius 1 is 1.14 bits per heavy atom. The van der Waals surface area contributed by atoms with E-state index in [2.05, 4.69) is 66.3 Å². The van der Waals surface area contributed by atoms with E-state index in [9.17, 15) is 0 Å². The van der Waals surface area contributed by atoms with Gasteiger partial charge in [0.25, 0.3) is 0 Å². The molecule has 0 atom stereocenters. The lowest BCUT2D eigenvalue weighted by Crippen LogP contribution is -2.45. The Balaban J connectivity index is 1.54. The quantitative estimate of drug-likeness (QED) is 0.831. The number of hydrogen-bond acceptors (Lipinski definition) is 5. The fourth-order valence-electron chi connectivity index (χ4n) is 2.46. The third-order valence-electron chi connectivity index (χ3n) is 3.74. The van der Waals surface area contributed by atoms with Crippen LogP contribution in [0.25, 0.3) is 0 Å². The zero-order valence-electron chi connectivity index (χ0n) is 12.1. The van der Waals surface area contributed by atoms with Gasteiger partial charge in [-0.15, -0.1) is 0 Å². The van der Waals surface area contributed by atoms with E-state index in [0.29, 0.717) is 0 Å². The summed E-state index contributed by atoms with van der Waals surface area (Å²) in [5, 5.41) is 1.08. The van der Waals surface area contributed by atoms with Crippen molar-refractivity contribution in [3.63, 3.8) is 0 Å². The van der Waals surface area contributed by atoms with Gasteiger partial charge in [0.2, 0.25) is 5.13 Å². The molecule has 2 aromatic rings. The Labute approximate surface area is 138 Å².